The van der Waals surface area contributed by atoms with Crippen molar-refractivity contribution in [2.24, 2.45) is 5.73 Å². The van der Waals surface area contributed by atoms with Gasteiger partial charge in [0.1, 0.15) is 5.82 Å². The SMILES string of the molecule is NC1CCCCC1Nc1cc(C(=O)O)ccn1. The fraction of sp³-hybridized carbons (Fsp3) is 0.500. The van der Waals surface area contributed by atoms with Gasteiger partial charge >= 0.3 is 5.97 Å². The molecule has 2 atom stereocenters. The summed E-state index contributed by atoms with van der Waals surface area (Å²) >= 11 is 0. The van der Waals surface area contributed by atoms with E-state index in [1.165, 1.54) is 18.7 Å². The van der Waals surface area contributed by atoms with Crippen LogP contribution in [-0.4, -0.2) is 28.1 Å². The van der Waals surface area contributed by atoms with Gasteiger partial charge in [-0.1, -0.05) is 12.8 Å². The molecule has 0 bridgehead atoms. The highest BCUT2D eigenvalue weighted by atomic mass is 16.4. The lowest BCUT2D eigenvalue weighted by atomic mass is 9.91. The van der Waals surface area contributed by atoms with E-state index in [0.29, 0.717) is 5.82 Å². The predicted molar refractivity (Wildman–Crippen MR) is 65.1 cm³/mol. The van der Waals surface area contributed by atoms with Crippen molar-refractivity contribution in [3.8, 4) is 0 Å². The Morgan fingerprint density at radius 3 is 2.94 bits per heavy atom. The van der Waals surface area contributed by atoms with Gasteiger partial charge in [-0.15, -0.1) is 0 Å². The number of aromatic carboxylic acids is 1. The average molecular weight is 235 g/mol. The second-order valence-corrected chi connectivity index (χ2v) is 4.43. The number of nitrogens with zero attached hydrogens (tertiary/aromatic N) is 1. The maximum absolute atomic E-state index is 10.8. The molecule has 1 aromatic rings. The van der Waals surface area contributed by atoms with Crippen LogP contribution in [0.5, 0.6) is 0 Å². The van der Waals surface area contributed by atoms with Crippen molar-refractivity contribution in [2.45, 2.75) is 37.8 Å². The van der Waals surface area contributed by atoms with Gasteiger partial charge in [0.05, 0.1) is 5.56 Å². The normalized spacial score (nSPS) is 24.3. The minimum absolute atomic E-state index is 0.124. The molecule has 0 radical (unpaired) electrons. The van der Waals surface area contributed by atoms with Crippen molar-refractivity contribution < 1.29 is 9.90 Å². The molecule has 1 aliphatic carbocycles. The topological polar surface area (TPSA) is 88.2 Å². The molecule has 0 amide bonds. The Balaban J connectivity index is 2.07. The highest BCUT2D eigenvalue weighted by molar-refractivity contribution is 5.88. The Hall–Kier alpha value is -1.62. The van der Waals surface area contributed by atoms with Crippen LogP contribution >= 0.6 is 0 Å². The lowest BCUT2D eigenvalue weighted by Gasteiger charge is -2.29. The van der Waals surface area contributed by atoms with E-state index in [1.54, 1.807) is 6.07 Å². The number of hydrogen-bond donors (Lipinski definition) is 3. The van der Waals surface area contributed by atoms with Crippen LogP contribution in [0.3, 0.4) is 0 Å². The van der Waals surface area contributed by atoms with Crippen LogP contribution in [0.1, 0.15) is 36.0 Å². The molecular formula is C12H17N3O2. The van der Waals surface area contributed by atoms with Crippen molar-refractivity contribution in [1.29, 1.82) is 0 Å². The first kappa shape index (κ1) is 11.9. The van der Waals surface area contributed by atoms with E-state index >= 15 is 0 Å². The summed E-state index contributed by atoms with van der Waals surface area (Å²) in [6.07, 6.45) is 5.85. The molecule has 2 rings (SSSR count). The standard InChI is InChI=1S/C12H17N3O2/c13-9-3-1-2-4-10(9)15-11-7-8(12(16)17)5-6-14-11/h5-7,9-10H,1-4,13H2,(H,14,15)(H,16,17). The molecule has 17 heavy (non-hydrogen) atoms. The number of nitrogens with one attached hydrogen (secondary N) is 1. The molecule has 0 saturated heterocycles. The van der Waals surface area contributed by atoms with E-state index in [2.05, 4.69) is 10.3 Å². The van der Waals surface area contributed by atoms with Gasteiger partial charge in [0, 0.05) is 18.3 Å². The number of carboxylic acids is 1. The Morgan fingerprint density at radius 2 is 2.24 bits per heavy atom. The fourth-order valence-electron chi connectivity index (χ4n) is 2.17. The van der Waals surface area contributed by atoms with Crippen molar-refractivity contribution in [1.82, 2.24) is 4.98 Å². The highest BCUT2D eigenvalue weighted by Gasteiger charge is 2.21. The number of aromatic nitrogens is 1. The van der Waals surface area contributed by atoms with Crippen LogP contribution < -0.4 is 11.1 Å². The largest absolute Gasteiger partial charge is 0.478 e. The van der Waals surface area contributed by atoms with E-state index < -0.39 is 5.97 Å². The molecule has 1 aliphatic rings. The van der Waals surface area contributed by atoms with Gasteiger partial charge in [-0.3, -0.25) is 0 Å². The zero-order chi connectivity index (χ0) is 12.3. The third-order valence-electron chi connectivity index (χ3n) is 3.16. The van der Waals surface area contributed by atoms with Gasteiger partial charge in [0.15, 0.2) is 0 Å². The number of hydrogen-bond acceptors (Lipinski definition) is 4. The van der Waals surface area contributed by atoms with E-state index in [0.717, 1.165) is 19.3 Å². The van der Waals surface area contributed by atoms with E-state index in [-0.39, 0.29) is 17.6 Å². The monoisotopic (exact) mass is 235 g/mol. The van der Waals surface area contributed by atoms with Gasteiger partial charge in [-0.25, -0.2) is 9.78 Å². The maximum atomic E-state index is 10.8. The smallest absolute Gasteiger partial charge is 0.335 e. The summed E-state index contributed by atoms with van der Waals surface area (Å²) in [6.45, 7) is 0. The molecule has 2 unspecified atom stereocenters. The van der Waals surface area contributed by atoms with Crippen LogP contribution in [-0.2, 0) is 0 Å². The van der Waals surface area contributed by atoms with Crippen molar-refractivity contribution in [3.63, 3.8) is 0 Å². The van der Waals surface area contributed by atoms with Gasteiger partial charge < -0.3 is 16.2 Å². The minimum Gasteiger partial charge on any atom is -0.478 e. The second kappa shape index (κ2) is 5.14. The average Bonchev–Trinajstić information content (AvgIpc) is 2.32. The first-order chi connectivity index (χ1) is 8.16. The van der Waals surface area contributed by atoms with Gasteiger partial charge in [0.2, 0.25) is 0 Å². The summed E-state index contributed by atoms with van der Waals surface area (Å²) in [5.41, 5.74) is 6.26. The van der Waals surface area contributed by atoms with E-state index in [9.17, 15) is 4.79 Å². The summed E-state index contributed by atoms with van der Waals surface area (Å²) in [4.78, 5) is 14.9. The van der Waals surface area contributed by atoms with E-state index in [4.69, 9.17) is 10.8 Å². The lowest BCUT2D eigenvalue weighted by Crippen LogP contribution is -2.42. The first-order valence-electron chi connectivity index (χ1n) is 5.88. The summed E-state index contributed by atoms with van der Waals surface area (Å²) in [7, 11) is 0. The van der Waals surface area contributed by atoms with Gasteiger partial charge in [-0.05, 0) is 25.0 Å². The van der Waals surface area contributed by atoms with Gasteiger partial charge in [0.25, 0.3) is 0 Å². The summed E-state index contributed by atoms with van der Waals surface area (Å²) in [5.74, 6) is -0.351. The van der Waals surface area contributed by atoms with Gasteiger partial charge in [-0.2, -0.15) is 0 Å². The first-order valence-corrected chi connectivity index (χ1v) is 5.88. The number of anilines is 1. The van der Waals surface area contributed by atoms with E-state index in [1.807, 2.05) is 0 Å². The molecule has 1 saturated carbocycles. The Morgan fingerprint density at radius 1 is 1.47 bits per heavy atom. The molecule has 0 aromatic carbocycles. The van der Waals surface area contributed by atoms with Crippen LogP contribution in [0, 0.1) is 0 Å². The summed E-state index contributed by atoms with van der Waals surface area (Å²) in [5, 5.41) is 12.1. The number of carboxylic acid groups (broad SMARTS) is 1. The molecule has 4 N–H and O–H groups in total. The quantitative estimate of drug-likeness (QED) is 0.738. The maximum Gasteiger partial charge on any atom is 0.335 e. The molecule has 0 spiro atoms. The third kappa shape index (κ3) is 2.94. The minimum atomic E-state index is -0.941. The molecule has 5 nitrogen and oxygen atoms in total. The Bertz CT molecular complexity index is 408. The summed E-state index contributed by atoms with van der Waals surface area (Å²) < 4.78 is 0. The van der Waals surface area contributed by atoms with Crippen molar-refractivity contribution >= 4 is 11.8 Å². The second-order valence-electron chi connectivity index (χ2n) is 4.43. The Labute approximate surface area is 100 Å². The number of rotatable bonds is 3. The van der Waals surface area contributed by atoms with Crippen LogP contribution in [0.15, 0.2) is 18.3 Å². The fourth-order valence-corrected chi connectivity index (χ4v) is 2.17. The predicted octanol–water partition coefficient (Wildman–Crippen LogP) is 1.46. The number of nitrogens with two attached hydrogens (primary N) is 1. The van der Waals surface area contributed by atoms with Crippen LogP contribution in [0.4, 0.5) is 5.82 Å². The molecule has 92 valence electrons. The summed E-state index contributed by atoms with van der Waals surface area (Å²) in [6, 6.07) is 3.34. The van der Waals surface area contributed by atoms with Crippen molar-refractivity contribution in [2.75, 3.05) is 5.32 Å². The third-order valence-corrected chi connectivity index (χ3v) is 3.16. The zero-order valence-corrected chi connectivity index (χ0v) is 9.60. The van der Waals surface area contributed by atoms with Crippen molar-refractivity contribution in [3.05, 3.63) is 23.9 Å². The zero-order valence-electron chi connectivity index (χ0n) is 9.60. The lowest BCUT2D eigenvalue weighted by molar-refractivity contribution is 0.0697. The molecule has 1 aromatic heterocycles. The highest BCUT2D eigenvalue weighted by Crippen LogP contribution is 2.20. The number of pyridine rings is 1. The van der Waals surface area contributed by atoms with Crippen LogP contribution in [0.2, 0.25) is 0 Å². The molecule has 5 heteroatoms. The van der Waals surface area contributed by atoms with Crippen LogP contribution in [0.25, 0.3) is 0 Å². The molecular weight excluding hydrogens is 218 g/mol. The molecule has 0 aliphatic heterocycles. The number of carbonyl (C=O) groups is 1. The Kier molecular flexibility index (Phi) is 3.58. The molecule has 1 fully saturated rings. The molecule has 1 heterocycles.